The van der Waals surface area contributed by atoms with Gasteiger partial charge in [0.25, 0.3) is 0 Å². The van der Waals surface area contributed by atoms with Crippen molar-refractivity contribution in [3.63, 3.8) is 0 Å². The quantitative estimate of drug-likeness (QED) is 0.243. The van der Waals surface area contributed by atoms with Gasteiger partial charge in [-0.05, 0) is 12.1 Å². The molecule has 0 amide bonds. The van der Waals surface area contributed by atoms with Gasteiger partial charge in [0.05, 0.1) is 0 Å². The Kier molecular flexibility index (Phi) is 2.39. The van der Waals surface area contributed by atoms with Crippen LogP contribution in [0.5, 0.6) is 0 Å². The van der Waals surface area contributed by atoms with Gasteiger partial charge in [-0.1, -0.05) is 0 Å². The largest absolute Gasteiger partial charge is 0.624 e. The summed E-state index contributed by atoms with van der Waals surface area (Å²) < 4.78 is 34.6. The molecule has 7 heteroatoms. The van der Waals surface area contributed by atoms with E-state index in [0.717, 1.165) is 12.3 Å². The summed E-state index contributed by atoms with van der Waals surface area (Å²) in [5.41, 5.74) is 0. The lowest BCUT2D eigenvalue weighted by molar-refractivity contribution is -0.417. The highest BCUT2D eigenvalue weighted by Crippen LogP contribution is 2.11. The zero-order chi connectivity index (χ0) is 10.1. The summed E-state index contributed by atoms with van der Waals surface area (Å²) in [5.74, 6) is 0.0603. The highest BCUT2D eigenvalue weighted by Gasteiger charge is 2.14. The van der Waals surface area contributed by atoms with Crippen LogP contribution in [0.4, 0.5) is 0 Å². The molecule has 0 aliphatic rings. The van der Waals surface area contributed by atoms with E-state index in [2.05, 4.69) is 4.42 Å². The van der Waals surface area contributed by atoms with Crippen LogP contribution in [0.2, 0.25) is 0 Å². The number of hydrogen-bond donors (Lipinski definition) is 1. The maximum Gasteiger partial charge on any atom is 0.328 e. The van der Waals surface area contributed by atoms with Crippen molar-refractivity contribution in [2.45, 2.75) is 5.09 Å². The maximum atomic E-state index is 10.5. The molecule has 0 unspecified atom stereocenters. The molecular weight excluding hydrogens is 198 g/mol. The van der Waals surface area contributed by atoms with E-state index in [-0.39, 0.29) is 5.76 Å². The fraction of sp³-hybridized carbons (Fsp3) is 0.167. The number of hydrogen-bond acceptors (Lipinski definition) is 4. The first-order valence-corrected chi connectivity index (χ1v) is 4.66. The van der Waals surface area contributed by atoms with Crippen LogP contribution >= 0.6 is 0 Å². The Morgan fingerprint density at radius 2 is 2.23 bits per heavy atom. The molecule has 0 bridgehead atoms. The zero-order valence-electron chi connectivity index (χ0n) is 6.67. The summed E-state index contributed by atoms with van der Waals surface area (Å²) in [6, 6.07) is 2.32. The first-order valence-electron chi connectivity index (χ1n) is 3.22. The van der Waals surface area contributed by atoms with Crippen molar-refractivity contribution in [1.29, 1.82) is 0 Å². The Morgan fingerprint density at radius 1 is 1.62 bits per heavy atom. The lowest BCUT2D eigenvalue weighted by Gasteiger charge is -1.91. The molecule has 1 rings (SSSR count). The van der Waals surface area contributed by atoms with Crippen LogP contribution in [0.25, 0.3) is 0 Å². The molecule has 6 nitrogen and oxygen atoms in total. The Morgan fingerprint density at radius 3 is 2.62 bits per heavy atom. The Bertz CT molecular complexity index is 426. The fourth-order valence-corrected chi connectivity index (χ4v) is 1.16. The summed E-state index contributed by atoms with van der Waals surface area (Å²) in [5, 5.41) is 9.88. The van der Waals surface area contributed by atoms with Gasteiger partial charge in [0.1, 0.15) is 7.05 Å². The Hall–Kier alpha value is -1.34. The van der Waals surface area contributed by atoms with Crippen molar-refractivity contribution in [2.24, 2.45) is 0 Å². The average molecular weight is 205 g/mol. The SMILES string of the molecule is C[N+]([O-])=Cc1ccc(S(=O)(=O)O)o1. The molecule has 0 saturated heterocycles. The highest BCUT2D eigenvalue weighted by atomic mass is 32.2. The minimum Gasteiger partial charge on any atom is -0.624 e. The van der Waals surface area contributed by atoms with E-state index in [4.69, 9.17) is 4.55 Å². The molecular formula is C6H7NO5S. The van der Waals surface area contributed by atoms with Crippen molar-refractivity contribution < 1.29 is 22.1 Å². The van der Waals surface area contributed by atoms with Crippen molar-refractivity contribution in [3.8, 4) is 0 Å². The first kappa shape index (κ1) is 9.75. The molecule has 1 N–H and O–H groups in total. The topological polar surface area (TPSA) is 93.6 Å². The summed E-state index contributed by atoms with van der Waals surface area (Å²) >= 11 is 0. The van der Waals surface area contributed by atoms with Gasteiger partial charge in [0, 0.05) is 0 Å². The van der Waals surface area contributed by atoms with Gasteiger partial charge in [0.15, 0.2) is 5.76 Å². The van der Waals surface area contributed by atoms with Crippen LogP contribution in [0.3, 0.4) is 0 Å². The van der Waals surface area contributed by atoms with E-state index in [9.17, 15) is 13.6 Å². The highest BCUT2D eigenvalue weighted by molar-refractivity contribution is 7.85. The van der Waals surface area contributed by atoms with E-state index in [1.165, 1.54) is 13.1 Å². The Labute approximate surface area is 74.4 Å². The van der Waals surface area contributed by atoms with Crippen LogP contribution in [0.15, 0.2) is 21.6 Å². The van der Waals surface area contributed by atoms with Gasteiger partial charge in [0.2, 0.25) is 11.3 Å². The van der Waals surface area contributed by atoms with Crippen molar-refractivity contribution >= 4 is 16.3 Å². The van der Waals surface area contributed by atoms with E-state index in [1.54, 1.807) is 0 Å². The van der Waals surface area contributed by atoms with Gasteiger partial charge in [-0.15, -0.1) is 0 Å². The molecule has 0 fully saturated rings. The van der Waals surface area contributed by atoms with Crippen LogP contribution in [0.1, 0.15) is 5.76 Å². The van der Waals surface area contributed by atoms with Gasteiger partial charge < -0.3 is 9.62 Å². The summed E-state index contributed by atoms with van der Waals surface area (Å²) in [6.07, 6.45) is 1.04. The number of hydroxylamine groups is 1. The third-order valence-electron chi connectivity index (χ3n) is 1.17. The molecule has 0 aliphatic heterocycles. The number of rotatable bonds is 2. The second-order valence-electron chi connectivity index (χ2n) is 2.31. The third kappa shape index (κ3) is 2.56. The lowest BCUT2D eigenvalue weighted by Crippen LogP contribution is -1.97. The molecule has 0 aliphatic carbocycles. The van der Waals surface area contributed by atoms with Crippen LogP contribution in [-0.4, -0.2) is 31.0 Å². The Balaban J connectivity index is 3.08. The van der Waals surface area contributed by atoms with E-state index in [1.807, 2.05) is 0 Å². The van der Waals surface area contributed by atoms with Crippen molar-refractivity contribution in [2.75, 3.05) is 7.05 Å². The molecule has 1 aromatic rings. The van der Waals surface area contributed by atoms with Gasteiger partial charge in [-0.3, -0.25) is 4.55 Å². The second kappa shape index (κ2) is 3.19. The summed E-state index contributed by atoms with van der Waals surface area (Å²) in [6.45, 7) is 0. The molecule has 1 heterocycles. The van der Waals surface area contributed by atoms with Gasteiger partial charge in [-0.25, -0.2) is 4.74 Å². The molecule has 0 spiro atoms. The monoisotopic (exact) mass is 205 g/mol. The third-order valence-corrected chi connectivity index (χ3v) is 1.89. The van der Waals surface area contributed by atoms with Gasteiger partial charge >= 0.3 is 10.1 Å². The summed E-state index contributed by atoms with van der Waals surface area (Å²) in [4.78, 5) is 0. The van der Waals surface area contributed by atoms with E-state index in [0.29, 0.717) is 4.74 Å². The van der Waals surface area contributed by atoms with Crippen LogP contribution in [-0.2, 0) is 10.1 Å². The minimum atomic E-state index is -4.33. The lowest BCUT2D eigenvalue weighted by atomic mass is 10.5. The standard InChI is InChI=1S/C6H7NO5S/c1-7(8)4-5-2-3-6(12-5)13(9,10)11/h2-4H,1H3,(H,9,10,11). The van der Waals surface area contributed by atoms with E-state index < -0.39 is 15.2 Å². The molecule has 0 aromatic carbocycles. The number of nitrogens with zero attached hydrogens (tertiary/aromatic N) is 1. The van der Waals surface area contributed by atoms with E-state index >= 15 is 0 Å². The normalized spacial score (nSPS) is 13.2. The molecule has 72 valence electrons. The fourth-order valence-electron chi connectivity index (χ4n) is 0.722. The second-order valence-corrected chi connectivity index (χ2v) is 3.66. The molecule has 1 aromatic heterocycles. The summed E-state index contributed by atoms with van der Waals surface area (Å²) in [7, 11) is -3.11. The van der Waals surface area contributed by atoms with Crippen LogP contribution in [0, 0.1) is 5.21 Å². The van der Waals surface area contributed by atoms with Crippen LogP contribution < -0.4 is 0 Å². The predicted molar refractivity (Wildman–Crippen MR) is 43.2 cm³/mol. The zero-order valence-corrected chi connectivity index (χ0v) is 7.48. The minimum absolute atomic E-state index is 0.0603. The van der Waals surface area contributed by atoms with Crippen molar-refractivity contribution in [3.05, 3.63) is 23.1 Å². The maximum absolute atomic E-state index is 10.5. The molecule has 0 radical (unpaired) electrons. The van der Waals surface area contributed by atoms with Crippen molar-refractivity contribution in [1.82, 2.24) is 0 Å². The number of furan rings is 1. The molecule has 13 heavy (non-hydrogen) atoms. The smallest absolute Gasteiger partial charge is 0.328 e. The predicted octanol–water partition coefficient (Wildman–Crippen LogP) is 0.0853. The first-order chi connectivity index (χ1) is 5.89. The van der Waals surface area contributed by atoms with Gasteiger partial charge in [-0.2, -0.15) is 8.42 Å². The molecule has 0 saturated carbocycles. The average Bonchev–Trinajstić information content (AvgIpc) is 2.32. The molecule has 0 atom stereocenters.